The van der Waals surface area contributed by atoms with Crippen LogP contribution in [0.5, 0.6) is 0 Å². The van der Waals surface area contributed by atoms with Gasteiger partial charge in [-0.1, -0.05) is 0 Å². The highest BCUT2D eigenvalue weighted by atomic mass is 32.2. The highest BCUT2D eigenvalue weighted by Crippen LogP contribution is 2.41. The fraction of sp³-hybridized carbons (Fsp3) is 0.667. The van der Waals surface area contributed by atoms with Crippen molar-refractivity contribution in [3.8, 4) is 6.07 Å². The van der Waals surface area contributed by atoms with Crippen molar-refractivity contribution in [3.63, 3.8) is 0 Å². The van der Waals surface area contributed by atoms with Crippen LogP contribution in [0.3, 0.4) is 0 Å². The Labute approximate surface area is 207 Å². The average Bonchev–Trinajstić information content (AvgIpc) is 3.59. The first kappa shape index (κ1) is 24.5. The Morgan fingerprint density at radius 1 is 1.26 bits per heavy atom. The highest BCUT2D eigenvalue weighted by molar-refractivity contribution is 7.89. The molecule has 35 heavy (non-hydrogen) atoms. The van der Waals surface area contributed by atoms with E-state index in [0.29, 0.717) is 38.6 Å². The molecule has 5 rings (SSSR count). The Morgan fingerprint density at radius 3 is 2.66 bits per heavy atom. The molecule has 1 aliphatic carbocycles. The second kappa shape index (κ2) is 9.33. The van der Waals surface area contributed by atoms with Gasteiger partial charge in [-0.3, -0.25) is 4.79 Å². The third-order valence-electron chi connectivity index (χ3n) is 7.49. The van der Waals surface area contributed by atoms with Crippen LogP contribution in [0.2, 0.25) is 0 Å². The minimum absolute atomic E-state index is 0.00520. The largest absolute Gasteiger partial charge is 0.373 e. The number of carbonyl (C=O) groups excluding carboxylic acids is 1. The van der Waals surface area contributed by atoms with Gasteiger partial charge in [-0.05, 0) is 63.3 Å². The lowest BCUT2D eigenvalue weighted by atomic mass is 9.90. The number of nitriles is 1. The molecule has 0 radical (unpaired) electrons. The third kappa shape index (κ3) is 4.90. The summed E-state index contributed by atoms with van der Waals surface area (Å²) in [6, 6.07) is 9.12. The van der Waals surface area contributed by atoms with Crippen LogP contribution in [0.1, 0.15) is 39.5 Å². The maximum absolute atomic E-state index is 13.2. The van der Waals surface area contributed by atoms with E-state index >= 15 is 0 Å². The van der Waals surface area contributed by atoms with Gasteiger partial charge < -0.3 is 15.4 Å². The number of ether oxygens (including phenoxy) is 1. The molecule has 3 aliphatic heterocycles. The van der Waals surface area contributed by atoms with Gasteiger partial charge in [0.05, 0.1) is 35.5 Å². The van der Waals surface area contributed by atoms with E-state index < -0.39 is 15.6 Å². The number of nitrogens with one attached hydrogen (secondary N) is 3. The average molecular weight is 503 g/mol. The molecular formula is C24H34N6O4S. The lowest BCUT2D eigenvalue weighted by Gasteiger charge is -2.37. The van der Waals surface area contributed by atoms with Crippen LogP contribution < -0.4 is 16.1 Å². The smallest absolute Gasteiger partial charge is 0.243 e. The Kier molecular flexibility index (Phi) is 6.52. The number of hydrazine groups is 1. The fourth-order valence-electron chi connectivity index (χ4n) is 5.60. The third-order valence-corrected chi connectivity index (χ3v) is 9.35. The molecule has 1 aromatic carbocycles. The summed E-state index contributed by atoms with van der Waals surface area (Å²) in [5.41, 5.74) is 3.70. The van der Waals surface area contributed by atoms with Crippen LogP contribution >= 0.6 is 0 Å². The Morgan fingerprint density at radius 2 is 2.00 bits per heavy atom. The Hall–Kier alpha value is -2.23. The monoisotopic (exact) mass is 502 g/mol. The molecule has 1 saturated carbocycles. The summed E-state index contributed by atoms with van der Waals surface area (Å²) in [5.74, 6) is 0.179. The number of rotatable bonds is 7. The van der Waals surface area contributed by atoms with Crippen molar-refractivity contribution in [3.05, 3.63) is 24.3 Å². The molecule has 1 aromatic rings. The zero-order valence-electron chi connectivity index (χ0n) is 20.2. The summed E-state index contributed by atoms with van der Waals surface area (Å²) < 4.78 is 33.5. The van der Waals surface area contributed by atoms with Crippen molar-refractivity contribution in [1.82, 2.24) is 20.1 Å². The number of morpholine rings is 1. The van der Waals surface area contributed by atoms with E-state index in [1.165, 1.54) is 4.31 Å². The van der Waals surface area contributed by atoms with E-state index in [1.54, 1.807) is 24.3 Å². The lowest BCUT2D eigenvalue weighted by molar-refractivity contribution is -0.128. The number of nitrogens with zero attached hydrogens (tertiary/aromatic N) is 3. The summed E-state index contributed by atoms with van der Waals surface area (Å²) in [6.45, 7) is 5.40. The molecule has 3 heterocycles. The minimum atomic E-state index is -3.63. The first-order chi connectivity index (χ1) is 16.7. The maximum atomic E-state index is 13.2. The standard InChI is InChI=1S/C24H34N6O4S/c1-24(2)15-29(13-14-34-24)35(32,33)18-7-5-17(6-8-18)27-22-21-20(10-12-26-23(21)31)30(28-22)19(9-11-25)16-3-4-16/h5-8,16,19-22,27-28H,3-4,9-10,12-15H2,1-2H3,(H,26,31)/t19-,20?,21?,22?/m0/s1. The Balaban J connectivity index is 1.32. The molecule has 4 aliphatic rings. The molecule has 190 valence electrons. The summed E-state index contributed by atoms with van der Waals surface area (Å²) in [4.78, 5) is 13.1. The zero-order valence-corrected chi connectivity index (χ0v) is 21.1. The van der Waals surface area contributed by atoms with Crippen molar-refractivity contribution < 1.29 is 17.9 Å². The summed E-state index contributed by atoms with van der Waals surface area (Å²) >= 11 is 0. The van der Waals surface area contributed by atoms with Crippen LogP contribution in [0.4, 0.5) is 5.69 Å². The number of hydrogen-bond acceptors (Lipinski definition) is 8. The first-order valence-corrected chi connectivity index (χ1v) is 13.8. The fourth-order valence-corrected chi connectivity index (χ4v) is 7.17. The topological polar surface area (TPSA) is 127 Å². The second-order valence-corrected chi connectivity index (χ2v) is 12.5. The van der Waals surface area contributed by atoms with Gasteiger partial charge in [0.15, 0.2) is 0 Å². The van der Waals surface area contributed by atoms with Crippen LogP contribution in [-0.4, -0.2) is 73.7 Å². The molecule has 11 heteroatoms. The quantitative estimate of drug-likeness (QED) is 0.508. The van der Waals surface area contributed by atoms with E-state index in [0.717, 1.165) is 24.9 Å². The molecule has 3 N–H and O–H groups in total. The zero-order chi connectivity index (χ0) is 24.8. The minimum Gasteiger partial charge on any atom is -0.373 e. The number of carbonyl (C=O) groups is 1. The van der Waals surface area contributed by atoms with Crippen molar-refractivity contribution in [2.75, 3.05) is 31.6 Å². The highest BCUT2D eigenvalue weighted by Gasteiger charge is 2.51. The molecular weight excluding hydrogens is 468 g/mol. The van der Waals surface area contributed by atoms with Gasteiger partial charge >= 0.3 is 0 Å². The van der Waals surface area contributed by atoms with E-state index in [9.17, 15) is 18.5 Å². The number of fused-ring (bicyclic) bond motifs is 1. The van der Waals surface area contributed by atoms with Crippen LogP contribution in [0, 0.1) is 23.2 Å². The normalized spacial score (nSPS) is 30.2. The van der Waals surface area contributed by atoms with E-state index in [1.807, 2.05) is 13.8 Å². The summed E-state index contributed by atoms with van der Waals surface area (Å²) in [5, 5.41) is 17.9. The lowest BCUT2D eigenvalue weighted by Crippen LogP contribution is -2.52. The van der Waals surface area contributed by atoms with Gasteiger partial charge in [-0.25, -0.2) is 18.9 Å². The predicted molar refractivity (Wildman–Crippen MR) is 129 cm³/mol. The number of amides is 1. The number of hydrogen-bond donors (Lipinski definition) is 3. The molecule has 3 saturated heterocycles. The summed E-state index contributed by atoms with van der Waals surface area (Å²) in [6.07, 6.45) is 3.14. The molecule has 10 nitrogen and oxygen atoms in total. The molecule has 0 spiro atoms. The molecule has 4 fully saturated rings. The predicted octanol–water partition coefficient (Wildman–Crippen LogP) is 1.24. The first-order valence-electron chi connectivity index (χ1n) is 12.4. The van der Waals surface area contributed by atoms with Crippen LogP contribution in [0.25, 0.3) is 0 Å². The van der Waals surface area contributed by atoms with Gasteiger partial charge in [-0.15, -0.1) is 0 Å². The molecule has 0 bridgehead atoms. The Bertz CT molecular complexity index is 1100. The van der Waals surface area contributed by atoms with Gasteiger partial charge in [-0.2, -0.15) is 9.57 Å². The molecule has 0 aromatic heterocycles. The number of benzene rings is 1. The summed E-state index contributed by atoms with van der Waals surface area (Å²) in [7, 11) is -3.63. The maximum Gasteiger partial charge on any atom is 0.243 e. The van der Waals surface area contributed by atoms with Crippen LogP contribution in [-0.2, 0) is 19.6 Å². The van der Waals surface area contributed by atoms with Crippen molar-refractivity contribution in [2.24, 2.45) is 11.8 Å². The number of piperidine rings is 1. The number of anilines is 1. The van der Waals surface area contributed by atoms with Crippen molar-refractivity contribution >= 4 is 21.6 Å². The molecule has 3 unspecified atom stereocenters. The van der Waals surface area contributed by atoms with Gasteiger partial charge in [0.2, 0.25) is 15.9 Å². The number of sulfonamides is 1. The van der Waals surface area contributed by atoms with E-state index in [4.69, 9.17) is 4.74 Å². The second-order valence-electron chi connectivity index (χ2n) is 10.6. The van der Waals surface area contributed by atoms with E-state index in [-0.39, 0.29) is 35.0 Å². The molecule has 1 amide bonds. The SMILES string of the molecule is CC1(C)CN(S(=O)(=O)c2ccc(NC3NN([C@@H](CC#N)C4CC4)C4CCNC(=O)C34)cc2)CCO1. The van der Waals surface area contributed by atoms with Crippen molar-refractivity contribution in [2.45, 2.75) is 68.3 Å². The van der Waals surface area contributed by atoms with E-state index in [2.05, 4.69) is 27.1 Å². The van der Waals surface area contributed by atoms with Crippen LogP contribution in [0.15, 0.2) is 29.2 Å². The molecule has 4 atom stereocenters. The van der Waals surface area contributed by atoms with Gasteiger partial charge in [0.25, 0.3) is 0 Å². The van der Waals surface area contributed by atoms with Gasteiger partial charge in [0, 0.05) is 37.4 Å². The van der Waals surface area contributed by atoms with Gasteiger partial charge in [0.1, 0.15) is 6.17 Å². The van der Waals surface area contributed by atoms with Crippen molar-refractivity contribution in [1.29, 1.82) is 5.26 Å².